The van der Waals surface area contributed by atoms with E-state index in [1.54, 1.807) is 0 Å². The van der Waals surface area contributed by atoms with Crippen LogP contribution in [0.15, 0.2) is 0 Å². The summed E-state index contributed by atoms with van der Waals surface area (Å²) in [5.41, 5.74) is 0.567. The van der Waals surface area contributed by atoms with Crippen LogP contribution in [0, 0.1) is 17.3 Å². The number of ether oxygens (including phenoxy) is 1. The minimum Gasteiger partial charge on any atom is -0.371 e. The Morgan fingerprint density at radius 1 is 1.21 bits per heavy atom. The first kappa shape index (κ1) is 9.17. The van der Waals surface area contributed by atoms with E-state index in [1.165, 1.54) is 19.3 Å². The van der Waals surface area contributed by atoms with Gasteiger partial charge in [0.25, 0.3) is 0 Å². The van der Waals surface area contributed by atoms with Gasteiger partial charge in [0.15, 0.2) is 0 Å². The molecule has 1 spiro atoms. The van der Waals surface area contributed by atoms with Crippen molar-refractivity contribution in [3.63, 3.8) is 0 Å². The number of fused-ring (bicyclic) bond motifs is 3. The Kier molecular flexibility index (Phi) is 1.79. The van der Waals surface area contributed by atoms with E-state index in [0.717, 1.165) is 31.5 Å². The summed E-state index contributed by atoms with van der Waals surface area (Å²) in [6.45, 7) is 7.87. The number of nitrogens with one attached hydrogen (secondary N) is 1. The standard InChI is InChI=1S/C12H21NO/c1-11(2)9-3-4-10(7-9)12(11)8-13-5-6-14-12/h9-10,13H,3-8H2,1-2H3/t9-,10+,12-/m1/s1. The smallest absolute Gasteiger partial charge is 0.0888 e. The molecule has 1 saturated heterocycles. The molecule has 2 nitrogen and oxygen atoms in total. The van der Waals surface area contributed by atoms with Gasteiger partial charge in [-0.3, -0.25) is 0 Å². The molecule has 80 valence electrons. The first-order valence-electron chi connectivity index (χ1n) is 6.01. The van der Waals surface area contributed by atoms with Gasteiger partial charge in [0.05, 0.1) is 12.2 Å². The van der Waals surface area contributed by atoms with Crippen molar-refractivity contribution < 1.29 is 4.74 Å². The van der Waals surface area contributed by atoms with Crippen molar-refractivity contribution in [2.24, 2.45) is 17.3 Å². The van der Waals surface area contributed by atoms with Gasteiger partial charge in [-0.15, -0.1) is 0 Å². The summed E-state index contributed by atoms with van der Waals surface area (Å²) < 4.78 is 6.21. The SMILES string of the molecule is CC1(C)[C@@H]2CC[C@@H](C2)[C@]12CNCCO2. The van der Waals surface area contributed by atoms with Crippen LogP contribution in [0.1, 0.15) is 33.1 Å². The molecule has 14 heavy (non-hydrogen) atoms. The maximum atomic E-state index is 6.21. The van der Waals surface area contributed by atoms with Crippen molar-refractivity contribution in [1.82, 2.24) is 5.32 Å². The molecule has 0 radical (unpaired) electrons. The average Bonchev–Trinajstić information content (AvgIpc) is 2.72. The molecule has 2 bridgehead atoms. The van der Waals surface area contributed by atoms with Gasteiger partial charge in [0, 0.05) is 13.1 Å². The van der Waals surface area contributed by atoms with Gasteiger partial charge in [0.1, 0.15) is 0 Å². The average molecular weight is 195 g/mol. The molecular weight excluding hydrogens is 174 g/mol. The molecule has 0 aromatic rings. The molecule has 3 rings (SSSR count). The van der Waals surface area contributed by atoms with Crippen molar-refractivity contribution in [1.29, 1.82) is 0 Å². The summed E-state index contributed by atoms with van der Waals surface area (Å²) >= 11 is 0. The second-order valence-corrected chi connectivity index (χ2v) is 5.84. The van der Waals surface area contributed by atoms with Crippen molar-refractivity contribution in [2.75, 3.05) is 19.7 Å². The summed E-state index contributed by atoms with van der Waals surface area (Å²) in [4.78, 5) is 0. The molecule has 2 aliphatic carbocycles. The lowest BCUT2D eigenvalue weighted by Crippen LogP contribution is -2.61. The van der Waals surface area contributed by atoms with E-state index in [0.29, 0.717) is 5.41 Å². The Hall–Kier alpha value is -0.0800. The van der Waals surface area contributed by atoms with E-state index < -0.39 is 0 Å². The quantitative estimate of drug-likeness (QED) is 0.636. The van der Waals surface area contributed by atoms with Crippen LogP contribution in [0.3, 0.4) is 0 Å². The van der Waals surface area contributed by atoms with Gasteiger partial charge in [-0.2, -0.15) is 0 Å². The van der Waals surface area contributed by atoms with Crippen molar-refractivity contribution in [3.8, 4) is 0 Å². The Labute approximate surface area is 86.4 Å². The Morgan fingerprint density at radius 2 is 2.00 bits per heavy atom. The van der Waals surface area contributed by atoms with Gasteiger partial charge in [0.2, 0.25) is 0 Å². The molecule has 0 aromatic carbocycles. The Bertz CT molecular complexity index is 243. The fourth-order valence-corrected chi connectivity index (χ4v) is 4.24. The first-order valence-corrected chi connectivity index (χ1v) is 6.01. The maximum Gasteiger partial charge on any atom is 0.0888 e. The summed E-state index contributed by atoms with van der Waals surface area (Å²) in [6.07, 6.45) is 4.24. The van der Waals surface area contributed by atoms with Crippen LogP contribution in [0.5, 0.6) is 0 Å². The third-order valence-electron chi connectivity index (χ3n) is 5.23. The number of rotatable bonds is 0. The highest BCUT2D eigenvalue weighted by molar-refractivity contribution is 5.14. The zero-order valence-corrected chi connectivity index (χ0v) is 9.31. The maximum absolute atomic E-state index is 6.21. The predicted molar refractivity (Wildman–Crippen MR) is 56.2 cm³/mol. The first-order chi connectivity index (χ1) is 6.67. The molecule has 0 unspecified atom stereocenters. The number of morpholine rings is 1. The van der Waals surface area contributed by atoms with E-state index in [4.69, 9.17) is 4.74 Å². The molecule has 2 heteroatoms. The Morgan fingerprint density at radius 3 is 2.57 bits per heavy atom. The largest absolute Gasteiger partial charge is 0.371 e. The lowest BCUT2D eigenvalue weighted by atomic mass is 9.65. The zero-order chi connectivity index (χ0) is 9.81. The second kappa shape index (κ2) is 2.73. The fraction of sp³-hybridized carbons (Fsp3) is 1.00. The molecule has 1 N–H and O–H groups in total. The normalized spacial score (nSPS) is 50.1. The van der Waals surface area contributed by atoms with Gasteiger partial charge in [-0.05, 0) is 36.5 Å². The van der Waals surface area contributed by atoms with E-state index in [9.17, 15) is 0 Å². The third-order valence-corrected chi connectivity index (χ3v) is 5.23. The molecule has 3 aliphatic rings. The highest BCUT2D eigenvalue weighted by atomic mass is 16.5. The number of hydrogen-bond donors (Lipinski definition) is 1. The topological polar surface area (TPSA) is 21.3 Å². The highest BCUT2D eigenvalue weighted by Crippen LogP contribution is 2.63. The molecular formula is C12H21NO. The van der Waals surface area contributed by atoms with Crippen molar-refractivity contribution in [2.45, 2.75) is 38.7 Å². The highest BCUT2D eigenvalue weighted by Gasteiger charge is 2.63. The molecule has 3 atom stereocenters. The molecule has 0 aromatic heterocycles. The van der Waals surface area contributed by atoms with Crippen LogP contribution < -0.4 is 5.32 Å². The van der Waals surface area contributed by atoms with Crippen LogP contribution in [0.2, 0.25) is 0 Å². The van der Waals surface area contributed by atoms with Crippen LogP contribution in [-0.4, -0.2) is 25.3 Å². The molecule has 2 saturated carbocycles. The van der Waals surface area contributed by atoms with Gasteiger partial charge >= 0.3 is 0 Å². The predicted octanol–water partition coefficient (Wildman–Crippen LogP) is 1.80. The van der Waals surface area contributed by atoms with E-state index in [2.05, 4.69) is 19.2 Å². The molecule has 0 amide bonds. The van der Waals surface area contributed by atoms with Crippen LogP contribution in [-0.2, 0) is 4.74 Å². The lowest BCUT2D eigenvalue weighted by Gasteiger charge is -2.51. The second-order valence-electron chi connectivity index (χ2n) is 5.84. The van der Waals surface area contributed by atoms with Crippen LogP contribution >= 0.6 is 0 Å². The molecule has 1 heterocycles. The van der Waals surface area contributed by atoms with Gasteiger partial charge < -0.3 is 10.1 Å². The van der Waals surface area contributed by atoms with E-state index in [-0.39, 0.29) is 5.60 Å². The monoisotopic (exact) mass is 195 g/mol. The lowest BCUT2D eigenvalue weighted by molar-refractivity contribution is -0.166. The van der Waals surface area contributed by atoms with E-state index >= 15 is 0 Å². The van der Waals surface area contributed by atoms with Crippen LogP contribution in [0.4, 0.5) is 0 Å². The van der Waals surface area contributed by atoms with Gasteiger partial charge in [-0.25, -0.2) is 0 Å². The zero-order valence-electron chi connectivity index (χ0n) is 9.31. The molecule has 3 fully saturated rings. The van der Waals surface area contributed by atoms with Crippen molar-refractivity contribution >= 4 is 0 Å². The minimum absolute atomic E-state index is 0.175. The summed E-state index contributed by atoms with van der Waals surface area (Å²) in [6, 6.07) is 0. The fourth-order valence-electron chi connectivity index (χ4n) is 4.24. The third kappa shape index (κ3) is 0.892. The summed E-state index contributed by atoms with van der Waals surface area (Å²) in [5.74, 6) is 1.74. The minimum atomic E-state index is 0.175. The number of hydrogen-bond acceptors (Lipinski definition) is 2. The molecule has 1 aliphatic heterocycles. The summed E-state index contributed by atoms with van der Waals surface area (Å²) in [7, 11) is 0. The van der Waals surface area contributed by atoms with Crippen molar-refractivity contribution in [3.05, 3.63) is 0 Å². The van der Waals surface area contributed by atoms with Crippen LogP contribution in [0.25, 0.3) is 0 Å². The Balaban J connectivity index is 1.96. The summed E-state index contributed by atoms with van der Waals surface area (Å²) in [5, 5.41) is 3.53. The van der Waals surface area contributed by atoms with E-state index in [1.807, 2.05) is 0 Å². The van der Waals surface area contributed by atoms with Gasteiger partial charge in [-0.1, -0.05) is 13.8 Å².